The van der Waals surface area contributed by atoms with Gasteiger partial charge in [0.25, 0.3) is 0 Å². The minimum Gasteiger partial charge on any atom is -0.497 e. The van der Waals surface area contributed by atoms with Gasteiger partial charge in [0, 0.05) is 25.2 Å². The van der Waals surface area contributed by atoms with E-state index in [9.17, 15) is 9.59 Å². The molecule has 2 heterocycles. The minimum absolute atomic E-state index is 0.0262. The first-order valence-corrected chi connectivity index (χ1v) is 10.7. The number of hydrogen-bond acceptors (Lipinski definition) is 5. The molecule has 1 saturated heterocycles. The average molecular weight is 426 g/mol. The van der Waals surface area contributed by atoms with E-state index in [1.807, 2.05) is 56.3 Å². The van der Waals surface area contributed by atoms with Gasteiger partial charge in [0.05, 0.1) is 25.5 Å². The van der Waals surface area contributed by atoms with Gasteiger partial charge < -0.3 is 19.7 Å². The maximum Gasteiger partial charge on any atom is 0.409 e. The first-order chi connectivity index (χ1) is 15.0. The van der Waals surface area contributed by atoms with Gasteiger partial charge in [-0.15, -0.1) is 0 Å². The number of amides is 2. The number of methoxy groups -OCH3 is 1. The summed E-state index contributed by atoms with van der Waals surface area (Å²) >= 11 is 0. The maximum atomic E-state index is 13.1. The molecule has 1 unspecified atom stereocenters. The van der Waals surface area contributed by atoms with Crippen LogP contribution < -0.4 is 10.1 Å². The Morgan fingerprint density at radius 3 is 2.42 bits per heavy atom. The first kappa shape index (κ1) is 22.6. The normalized spacial score (nSPS) is 15.4. The van der Waals surface area contributed by atoms with E-state index in [0.29, 0.717) is 38.5 Å². The fourth-order valence-electron chi connectivity index (χ4n) is 3.58. The van der Waals surface area contributed by atoms with Crippen LogP contribution in [0, 0.1) is 11.8 Å². The van der Waals surface area contributed by atoms with Crippen LogP contribution in [0.3, 0.4) is 0 Å². The molecule has 7 heteroatoms. The van der Waals surface area contributed by atoms with Crippen molar-refractivity contribution in [2.24, 2.45) is 11.8 Å². The van der Waals surface area contributed by atoms with E-state index in [2.05, 4.69) is 10.3 Å². The van der Waals surface area contributed by atoms with E-state index in [-0.39, 0.29) is 24.0 Å². The Balaban J connectivity index is 1.64. The van der Waals surface area contributed by atoms with Gasteiger partial charge in [0.2, 0.25) is 5.91 Å². The van der Waals surface area contributed by atoms with Crippen molar-refractivity contribution in [3.05, 3.63) is 59.9 Å². The maximum absolute atomic E-state index is 13.1. The quantitative estimate of drug-likeness (QED) is 0.730. The molecule has 1 aromatic heterocycles. The molecule has 1 aliphatic rings. The van der Waals surface area contributed by atoms with E-state index in [1.54, 1.807) is 18.2 Å². The third-order valence-corrected chi connectivity index (χ3v) is 5.38. The summed E-state index contributed by atoms with van der Waals surface area (Å²) < 4.78 is 10.6. The zero-order valence-electron chi connectivity index (χ0n) is 18.4. The molecule has 1 fully saturated rings. The van der Waals surface area contributed by atoms with Crippen LogP contribution in [0.2, 0.25) is 0 Å². The van der Waals surface area contributed by atoms with E-state index < -0.39 is 0 Å². The summed E-state index contributed by atoms with van der Waals surface area (Å²) in [5.41, 5.74) is 1.71. The Hall–Kier alpha value is -3.09. The molecule has 7 nitrogen and oxygen atoms in total. The van der Waals surface area contributed by atoms with Gasteiger partial charge in [-0.2, -0.15) is 0 Å². The summed E-state index contributed by atoms with van der Waals surface area (Å²) in [5, 5.41) is 3.16. The molecule has 1 atom stereocenters. The third-order valence-electron chi connectivity index (χ3n) is 5.38. The van der Waals surface area contributed by atoms with Crippen molar-refractivity contribution in [3.63, 3.8) is 0 Å². The van der Waals surface area contributed by atoms with Crippen LogP contribution in [0.4, 0.5) is 4.79 Å². The van der Waals surface area contributed by atoms with Crippen LogP contribution in [-0.4, -0.2) is 48.7 Å². The van der Waals surface area contributed by atoms with Crippen LogP contribution in [0.25, 0.3) is 0 Å². The Kier molecular flexibility index (Phi) is 7.87. The fourth-order valence-corrected chi connectivity index (χ4v) is 3.58. The molecule has 166 valence electrons. The molecule has 0 spiro atoms. The highest BCUT2D eigenvalue weighted by Crippen LogP contribution is 2.25. The second kappa shape index (κ2) is 10.8. The van der Waals surface area contributed by atoms with Crippen molar-refractivity contribution in [1.82, 2.24) is 15.2 Å². The van der Waals surface area contributed by atoms with Gasteiger partial charge in [-0.25, -0.2) is 4.79 Å². The number of hydrogen-bond donors (Lipinski definition) is 1. The zero-order chi connectivity index (χ0) is 22.2. The molecule has 2 amide bonds. The predicted molar refractivity (Wildman–Crippen MR) is 118 cm³/mol. The molecule has 0 radical (unpaired) electrons. The molecule has 2 aromatic rings. The van der Waals surface area contributed by atoms with Gasteiger partial charge in [0.15, 0.2) is 0 Å². The number of carbonyl (C=O) groups is 2. The number of carbonyl (C=O) groups excluding carboxylic acids is 2. The fraction of sp³-hybridized carbons (Fsp3) is 0.458. The van der Waals surface area contributed by atoms with Crippen molar-refractivity contribution in [3.8, 4) is 5.75 Å². The minimum atomic E-state index is -0.353. The first-order valence-electron chi connectivity index (χ1n) is 10.7. The van der Waals surface area contributed by atoms with Crippen LogP contribution >= 0.6 is 0 Å². The number of rotatable bonds is 7. The lowest BCUT2D eigenvalue weighted by Crippen LogP contribution is -2.44. The standard InChI is InChI=1S/C24H31N3O4/c1-17(2)16-31-24(29)27-14-11-19(12-15-27)23(28)26-22(21-6-4-5-13-25-21)18-7-9-20(30-3)10-8-18/h4-10,13,17,19,22H,11-12,14-16H2,1-3H3,(H,26,28). The zero-order valence-corrected chi connectivity index (χ0v) is 18.4. The molecular formula is C24H31N3O4. The molecule has 31 heavy (non-hydrogen) atoms. The van der Waals surface area contributed by atoms with Crippen LogP contribution in [0.5, 0.6) is 5.75 Å². The van der Waals surface area contributed by atoms with Crippen LogP contribution in [0.15, 0.2) is 48.7 Å². The molecule has 1 N–H and O–H groups in total. The summed E-state index contributed by atoms with van der Waals surface area (Å²) in [5.74, 6) is 0.876. The molecular weight excluding hydrogens is 394 g/mol. The van der Waals surface area contributed by atoms with Gasteiger partial charge in [-0.1, -0.05) is 32.0 Å². The molecule has 0 bridgehead atoms. The second-order valence-electron chi connectivity index (χ2n) is 8.20. The summed E-state index contributed by atoms with van der Waals surface area (Å²) in [6.45, 7) is 5.46. The Morgan fingerprint density at radius 2 is 1.84 bits per heavy atom. The number of likely N-dealkylation sites (tertiary alicyclic amines) is 1. The Bertz CT molecular complexity index is 847. The highest BCUT2D eigenvalue weighted by Gasteiger charge is 2.30. The van der Waals surface area contributed by atoms with Gasteiger partial charge >= 0.3 is 6.09 Å². The third kappa shape index (κ3) is 6.20. The van der Waals surface area contributed by atoms with Crippen LogP contribution in [-0.2, 0) is 9.53 Å². The summed E-state index contributed by atoms with van der Waals surface area (Å²) in [7, 11) is 1.62. The van der Waals surface area contributed by atoms with Crippen molar-refractivity contribution in [1.29, 1.82) is 0 Å². The Labute approximate surface area is 183 Å². The topological polar surface area (TPSA) is 80.8 Å². The van der Waals surface area contributed by atoms with Crippen molar-refractivity contribution in [2.75, 3.05) is 26.8 Å². The SMILES string of the molecule is COc1ccc(C(NC(=O)C2CCN(C(=O)OCC(C)C)CC2)c2ccccn2)cc1. The number of nitrogens with zero attached hydrogens (tertiary/aromatic N) is 2. The van der Waals surface area contributed by atoms with Crippen molar-refractivity contribution in [2.45, 2.75) is 32.7 Å². The van der Waals surface area contributed by atoms with E-state index >= 15 is 0 Å². The number of piperidine rings is 1. The second-order valence-corrected chi connectivity index (χ2v) is 8.20. The number of pyridine rings is 1. The lowest BCUT2D eigenvalue weighted by atomic mass is 9.94. The predicted octanol–water partition coefficient (Wildman–Crippen LogP) is 3.80. The summed E-state index contributed by atoms with van der Waals surface area (Å²) in [4.78, 5) is 31.4. The Morgan fingerprint density at radius 1 is 1.13 bits per heavy atom. The van der Waals surface area contributed by atoms with Crippen molar-refractivity contribution < 1.29 is 19.1 Å². The molecule has 1 aliphatic heterocycles. The smallest absolute Gasteiger partial charge is 0.409 e. The average Bonchev–Trinajstić information content (AvgIpc) is 2.81. The van der Waals surface area contributed by atoms with Crippen LogP contribution in [0.1, 0.15) is 44.0 Å². The molecule has 0 saturated carbocycles. The van der Waals surface area contributed by atoms with E-state index in [4.69, 9.17) is 9.47 Å². The number of aromatic nitrogens is 1. The summed E-state index contributed by atoms with van der Waals surface area (Å²) in [6, 6.07) is 12.9. The largest absolute Gasteiger partial charge is 0.497 e. The highest BCUT2D eigenvalue weighted by molar-refractivity contribution is 5.80. The summed E-state index contributed by atoms with van der Waals surface area (Å²) in [6.07, 6.45) is 2.65. The number of ether oxygens (including phenoxy) is 2. The van der Waals surface area contributed by atoms with Gasteiger partial charge in [0.1, 0.15) is 5.75 Å². The van der Waals surface area contributed by atoms with E-state index in [0.717, 1.165) is 17.0 Å². The molecule has 0 aliphatic carbocycles. The lowest BCUT2D eigenvalue weighted by Gasteiger charge is -2.31. The molecule has 3 rings (SSSR count). The number of benzene rings is 1. The van der Waals surface area contributed by atoms with Gasteiger partial charge in [-0.05, 0) is 48.6 Å². The number of nitrogens with one attached hydrogen (secondary N) is 1. The molecule has 1 aromatic carbocycles. The lowest BCUT2D eigenvalue weighted by molar-refractivity contribution is -0.126. The van der Waals surface area contributed by atoms with Gasteiger partial charge in [-0.3, -0.25) is 9.78 Å². The monoisotopic (exact) mass is 425 g/mol. The van der Waals surface area contributed by atoms with Crippen molar-refractivity contribution >= 4 is 12.0 Å². The highest BCUT2D eigenvalue weighted by atomic mass is 16.6. The van der Waals surface area contributed by atoms with E-state index in [1.165, 1.54) is 0 Å².